The number of halogens is 2. The summed E-state index contributed by atoms with van der Waals surface area (Å²) in [5, 5.41) is 3.27. The van der Waals surface area contributed by atoms with Crippen LogP contribution in [0, 0.1) is 12.7 Å². The first-order valence-corrected chi connectivity index (χ1v) is 16.1. The van der Waals surface area contributed by atoms with Crippen LogP contribution in [-0.4, -0.2) is 44.3 Å². The fourth-order valence-corrected chi connectivity index (χ4v) is 6.22. The zero-order chi connectivity index (χ0) is 31.7. The highest BCUT2D eigenvalue weighted by Gasteiger charge is 2.34. The molecule has 4 aromatic rings. The van der Waals surface area contributed by atoms with Crippen LogP contribution in [0.4, 0.5) is 10.1 Å². The van der Waals surface area contributed by atoms with Gasteiger partial charge in [-0.3, -0.25) is 13.9 Å². The first-order chi connectivity index (χ1) is 21.1. The summed E-state index contributed by atoms with van der Waals surface area (Å²) in [5.41, 5.74) is 2.61. The first kappa shape index (κ1) is 32.7. The van der Waals surface area contributed by atoms with Gasteiger partial charge < -0.3 is 10.2 Å². The Kier molecular flexibility index (Phi) is 11.1. The molecule has 4 aromatic carbocycles. The van der Waals surface area contributed by atoms with E-state index in [4.69, 9.17) is 11.6 Å². The number of hydrogen-bond donors (Lipinski definition) is 1. The van der Waals surface area contributed by atoms with Gasteiger partial charge in [0.2, 0.25) is 11.8 Å². The van der Waals surface area contributed by atoms with Crippen molar-refractivity contribution in [2.45, 2.75) is 44.2 Å². The molecule has 10 heteroatoms. The summed E-state index contributed by atoms with van der Waals surface area (Å²) in [7, 11) is -4.23. The molecule has 230 valence electrons. The lowest BCUT2D eigenvalue weighted by molar-refractivity contribution is -0.140. The third-order valence-electron chi connectivity index (χ3n) is 7.09. The molecule has 0 aliphatic rings. The Bertz CT molecular complexity index is 1650. The zero-order valence-electron chi connectivity index (χ0n) is 24.6. The van der Waals surface area contributed by atoms with Gasteiger partial charge in [-0.05, 0) is 73.0 Å². The third-order valence-corrected chi connectivity index (χ3v) is 9.13. The average molecular weight is 636 g/mol. The molecule has 44 heavy (non-hydrogen) atoms. The van der Waals surface area contributed by atoms with Gasteiger partial charge in [0.05, 0.1) is 10.6 Å². The van der Waals surface area contributed by atoms with E-state index in [0.29, 0.717) is 23.6 Å². The van der Waals surface area contributed by atoms with Gasteiger partial charge in [-0.1, -0.05) is 78.7 Å². The summed E-state index contributed by atoms with van der Waals surface area (Å²) >= 11 is 6.02. The molecule has 0 bridgehead atoms. The van der Waals surface area contributed by atoms with Crippen LogP contribution in [0.1, 0.15) is 30.0 Å². The molecule has 0 spiro atoms. The van der Waals surface area contributed by atoms with Gasteiger partial charge in [-0.2, -0.15) is 0 Å². The highest BCUT2D eigenvalue weighted by atomic mass is 35.5. The average Bonchev–Trinajstić information content (AvgIpc) is 3.02. The summed E-state index contributed by atoms with van der Waals surface area (Å²) in [6.45, 7) is 3.58. The molecule has 0 saturated carbocycles. The Morgan fingerprint density at radius 3 is 2.11 bits per heavy atom. The van der Waals surface area contributed by atoms with E-state index in [1.54, 1.807) is 36.4 Å². The van der Waals surface area contributed by atoms with E-state index >= 15 is 0 Å². The Morgan fingerprint density at radius 2 is 1.50 bits per heavy atom. The molecule has 4 rings (SSSR count). The summed E-state index contributed by atoms with van der Waals surface area (Å²) in [6.07, 6.45) is 0.883. The number of sulfonamides is 1. The minimum Gasteiger partial charge on any atom is -0.354 e. The van der Waals surface area contributed by atoms with Crippen LogP contribution in [0.25, 0.3) is 0 Å². The van der Waals surface area contributed by atoms with E-state index < -0.39 is 34.3 Å². The topological polar surface area (TPSA) is 86.8 Å². The summed E-state index contributed by atoms with van der Waals surface area (Å²) in [5.74, 6) is -1.40. The normalized spacial score (nSPS) is 11.9. The van der Waals surface area contributed by atoms with E-state index in [1.807, 2.05) is 44.2 Å². The molecule has 1 unspecified atom stereocenters. The van der Waals surface area contributed by atoms with Crippen molar-refractivity contribution in [2.24, 2.45) is 0 Å². The number of hydrogen-bond acceptors (Lipinski definition) is 4. The van der Waals surface area contributed by atoms with Crippen molar-refractivity contribution < 1.29 is 22.4 Å². The molecule has 1 N–H and O–H groups in total. The van der Waals surface area contributed by atoms with Crippen molar-refractivity contribution in [3.8, 4) is 0 Å². The molecule has 0 aromatic heterocycles. The molecule has 0 aliphatic carbocycles. The van der Waals surface area contributed by atoms with Crippen molar-refractivity contribution in [1.29, 1.82) is 0 Å². The van der Waals surface area contributed by atoms with Gasteiger partial charge in [-0.25, -0.2) is 12.8 Å². The maximum absolute atomic E-state index is 14.4. The second-order valence-corrected chi connectivity index (χ2v) is 12.7. The molecular formula is C34H35ClFN3O4S. The van der Waals surface area contributed by atoms with Crippen LogP contribution in [-0.2, 0) is 32.6 Å². The van der Waals surface area contributed by atoms with E-state index in [2.05, 4.69) is 5.32 Å². The van der Waals surface area contributed by atoms with Crippen molar-refractivity contribution >= 4 is 39.1 Å². The lowest BCUT2D eigenvalue weighted by Gasteiger charge is -2.34. The number of benzene rings is 4. The predicted molar refractivity (Wildman–Crippen MR) is 171 cm³/mol. The van der Waals surface area contributed by atoms with Crippen LogP contribution in [0.2, 0.25) is 5.02 Å². The highest BCUT2D eigenvalue weighted by Crippen LogP contribution is 2.26. The summed E-state index contributed by atoms with van der Waals surface area (Å²) in [4.78, 5) is 29.3. The minimum absolute atomic E-state index is 0.0399. The minimum atomic E-state index is -4.23. The fourth-order valence-electron chi connectivity index (χ4n) is 4.68. The van der Waals surface area contributed by atoms with Gasteiger partial charge in [0, 0.05) is 24.5 Å². The maximum Gasteiger partial charge on any atom is 0.264 e. The van der Waals surface area contributed by atoms with Crippen molar-refractivity contribution in [1.82, 2.24) is 10.2 Å². The van der Waals surface area contributed by atoms with E-state index in [0.717, 1.165) is 15.4 Å². The Balaban J connectivity index is 1.78. The molecule has 0 saturated heterocycles. The molecule has 1 atom stereocenters. The number of amides is 2. The number of anilines is 1. The molecule has 2 amide bonds. The molecule has 0 radical (unpaired) electrons. The van der Waals surface area contributed by atoms with Gasteiger partial charge in [0.15, 0.2) is 0 Å². The maximum atomic E-state index is 14.4. The first-order valence-electron chi connectivity index (χ1n) is 14.3. The molecular weight excluding hydrogens is 601 g/mol. The van der Waals surface area contributed by atoms with Gasteiger partial charge in [0.25, 0.3) is 10.0 Å². The van der Waals surface area contributed by atoms with Crippen LogP contribution in [0.15, 0.2) is 108 Å². The standard InChI is InChI=1S/C34H35ClFN3O4S/c1-3-21-37-34(41)32(22-26-7-5-4-6-8-26)38(23-27-11-15-29(36)16-12-27)33(40)24-39(30-17-9-25(2)10-18-30)44(42,43)31-19-13-28(35)14-20-31/h4-20,32H,3,21-24H2,1-2H3,(H,37,41). The van der Waals surface area contributed by atoms with E-state index in [-0.39, 0.29) is 29.5 Å². The van der Waals surface area contributed by atoms with E-state index in [9.17, 15) is 22.4 Å². The Labute approximate surface area is 263 Å². The fraction of sp³-hybridized carbons (Fsp3) is 0.235. The van der Waals surface area contributed by atoms with Gasteiger partial charge in [-0.15, -0.1) is 0 Å². The molecule has 0 heterocycles. The largest absolute Gasteiger partial charge is 0.354 e. The third kappa shape index (κ3) is 8.45. The molecule has 7 nitrogen and oxygen atoms in total. The van der Waals surface area contributed by atoms with Crippen molar-refractivity contribution in [3.05, 3.63) is 131 Å². The summed E-state index contributed by atoms with van der Waals surface area (Å²) < 4.78 is 42.8. The van der Waals surface area contributed by atoms with Crippen LogP contribution < -0.4 is 9.62 Å². The number of carbonyl (C=O) groups is 2. The zero-order valence-corrected chi connectivity index (χ0v) is 26.2. The Hall–Kier alpha value is -4.21. The lowest BCUT2D eigenvalue weighted by atomic mass is 10.0. The number of aryl methyl sites for hydroxylation is 1. The number of nitrogens with zero attached hydrogens (tertiary/aromatic N) is 2. The van der Waals surface area contributed by atoms with Gasteiger partial charge in [0.1, 0.15) is 18.4 Å². The van der Waals surface area contributed by atoms with Crippen LogP contribution in [0.3, 0.4) is 0 Å². The lowest BCUT2D eigenvalue weighted by Crippen LogP contribution is -2.53. The second-order valence-electron chi connectivity index (χ2n) is 10.4. The highest BCUT2D eigenvalue weighted by molar-refractivity contribution is 7.92. The van der Waals surface area contributed by atoms with Gasteiger partial charge >= 0.3 is 0 Å². The van der Waals surface area contributed by atoms with Crippen LogP contribution >= 0.6 is 11.6 Å². The quantitative estimate of drug-likeness (QED) is 0.191. The monoisotopic (exact) mass is 635 g/mol. The van der Waals surface area contributed by atoms with E-state index in [1.165, 1.54) is 41.3 Å². The SMILES string of the molecule is CCCNC(=O)C(Cc1ccccc1)N(Cc1ccc(F)cc1)C(=O)CN(c1ccc(C)cc1)S(=O)(=O)c1ccc(Cl)cc1. The number of rotatable bonds is 13. The second kappa shape index (κ2) is 15.0. The summed E-state index contributed by atoms with van der Waals surface area (Å²) in [6, 6.07) is 26.5. The Morgan fingerprint density at radius 1 is 0.864 bits per heavy atom. The number of carbonyl (C=O) groups excluding carboxylic acids is 2. The molecule has 0 fully saturated rings. The number of nitrogens with one attached hydrogen (secondary N) is 1. The van der Waals surface area contributed by atoms with Crippen molar-refractivity contribution in [2.75, 3.05) is 17.4 Å². The van der Waals surface area contributed by atoms with Crippen molar-refractivity contribution in [3.63, 3.8) is 0 Å². The predicted octanol–water partition coefficient (Wildman–Crippen LogP) is 6.15. The molecule has 0 aliphatic heterocycles. The van der Waals surface area contributed by atoms with Crippen LogP contribution in [0.5, 0.6) is 0 Å². The smallest absolute Gasteiger partial charge is 0.264 e.